The van der Waals surface area contributed by atoms with E-state index in [2.05, 4.69) is 0 Å². The molecule has 0 amide bonds. The molecule has 0 saturated carbocycles. The van der Waals surface area contributed by atoms with Crippen LogP contribution in [0.15, 0.2) is 76.7 Å². The summed E-state index contributed by atoms with van der Waals surface area (Å²) in [7, 11) is -3.08. The number of benzene rings is 2. The molecule has 0 spiro atoms. The lowest BCUT2D eigenvalue weighted by atomic mass is 10.2. The summed E-state index contributed by atoms with van der Waals surface area (Å²) in [4.78, 5) is 19.1. The summed E-state index contributed by atoms with van der Waals surface area (Å²) in [5.74, 6) is 0.386. The van der Waals surface area contributed by atoms with Crippen LogP contribution in [0.2, 0.25) is 0 Å². The predicted molar refractivity (Wildman–Crippen MR) is 125 cm³/mol. The van der Waals surface area contributed by atoms with Crippen LogP contribution in [0.25, 0.3) is 20.7 Å². The van der Waals surface area contributed by atoms with Crippen LogP contribution >= 0.6 is 23.1 Å². The highest BCUT2D eigenvalue weighted by Crippen LogP contribution is 2.32. The molecule has 5 nitrogen and oxygen atoms in total. The zero-order chi connectivity index (χ0) is 21.1. The molecule has 8 heteroatoms. The van der Waals surface area contributed by atoms with Gasteiger partial charge in [-0.15, -0.1) is 11.3 Å². The highest BCUT2D eigenvalue weighted by molar-refractivity contribution is 8.00. The Morgan fingerprint density at radius 2 is 1.70 bits per heavy atom. The third-order valence-electron chi connectivity index (χ3n) is 4.53. The molecule has 0 aliphatic heterocycles. The SMILES string of the molecule is CS(=O)(=O)CCSc1nc2cc(-c3ccccc3)sc2c(=O)n1Cc1ccccc1. The Labute approximate surface area is 183 Å². The van der Waals surface area contributed by atoms with E-state index >= 15 is 0 Å². The van der Waals surface area contributed by atoms with Crippen molar-refractivity contribution in [2.75, 3.05) is 17.8 Å². The van der Waals surface area contributed by atoms with Gasteiger partial charge in [0.1, 0.15) is 14.5 Å². The smallest absolute Gasteiger partial charge is 0.272 e. The van der Waals surface area contributed by atoms with Gasteiger partial charge in [0.25, 0.3) is 5.56 Å². The number of rotatable bonds is 7. The number of hydrogen-bond acceptors (Lipinski definition) is 6. The fourth-order valence-electron chi connectivity index (χ4n) is 3.04. The van der Waals surface area contributed by atoms with Crippen molar-refractivity contribution in [2.24, 2.45) is 0 Å². The van der Waals surface area contributed by atoms with Gasteiger partial charge in [-0.1, -0.05) is 72.4 Å². The number of nitrogens with zero attached hydrogens (tertiary/aromatic N) is 2. The first-order valence-corrected chi connectivity index (χ1v) is 13.2. The summed E-state index contributed by atoms with van der Waals surface area (Å²) in [6.45, 7) is 0.391. The molecule has 0 unspecified atom stereocenters. The second-order valence-electron chi connectivity index (χ2n) is 6.94. The van der Waals surface area contributed by atoms with Gasteiger partial charge in [0, 0.05) is 16.9 Å². The van der Waals surface area contributed by atoms with Crippen molar-refractivity contribution in [3.8, 4) is 10.4 Å². The fourth-order valence-corrected chi connectivity index (χ4v) is 6.28. The van der Waals surface area contributed by atoms with Crippen LogP contribution in [0, 0.1) is 0 Å². The van der Waals surface area contributed by atoms with Gasteiger partial charge < -0.3 is 0 Å². The summed E-state index contributed by atoms with van der Waals surface area (Å²) in [5, 5.41) is 0.539. The van der Waals surface area contributed by atoms with E-state index in [1.54, 1.807) is 4.57 Å². The van der Waals surface area contributed by atoms with E-state index in [4.69, 9.17) is 4.98 Å². The molecule has 2 aromatic carbocycles. The molecule has 4 rings (SSSR count). The highest BCUT2D eigenvalue weighted by Gasteiger charge is 2.16. The van der Waals surface area contributed by atoms with Crippen molar-refractivity contribution < 1.29 is 8.42 Å². The molecule has 0 atom stereocenters. The van der Waals surface area contributed by atoms with Crippen LogP contribution in [0.5, 0.6) is 0 Å². The lowest BCUT2D eigenvalue weighted by Crippen LogP contribution is -2.23. The zero-order valence-electron chi connectivity index (χ0n) is 16.3. The number of thiophene rings is 1. The number of thioether (sulfide) groups is 1. The first-order chi connectivity index (χ1) is 14.4. The normalized spacial score (nSPS) is 11.8. The van der Waals surface area contributed by atoms with Gasteiger partial charge in [-0.2, -0.15) is 0 Å². The molecule has 4 aromatic rings. The Balaban J connectivity index is 1.79. The average molecular weight is 457 g/mol. The van der Waals surface area contributed by atoms with Gasteiger partial charge in [-0.05, 0) is 17.2 Å². The Kier molecular flexibility index (Phi) is 6.08. The number of hydrogen-bond donors (Lipinski definition) is 0. The maximum atomic E-state index is 13.4. The number of aromatic nitrogens is 2. The monoisotopic (exact) mass is 456 g/mol. The Bertz CT molecular complexity index is 1330. The van der Waals surface area contributed by atoms with Crippen LogP contribution in [0.3, 0.4) is 0 Å². The highest BCUT2D eigenvalue weighted by atomic mass is 32.2. The summed E-state index contributed by atoms with van der Waals surface area (Å²) in [5.41, 5.74) is 2.58. The van der Waals surface area contributed by atoms with E-state index in [-0.39, 0.29) is 11.3 Å². The lowest BCUT2D eigenvalue weighted by molar-refractivity contribution is 0.603. The van der Waals surface area contributed by atoms with E-state index in [1.165, 1.54) is 29.4 Å². The molecule has 0 saturated heterocycles. The van der Waals surface area contributed by atoms with Crippen LogP contribution in [0.4, 0.5) is 0 Å². The molecule has 0 fully saturated rings. The summed E-state index contributed by atoms with van der Waals surface area (Å²) < 4.78 is 25.3. The van der Waals surface area contributed by atoms with Crippen LogP contribution < -0.4 is 5.56 Å². The van der Waals surface area contributed by atoms with Crippen molar-refractivity contribution in [3.05, 3.63) is 82.6 Å². The third-order valence-corrected chi connectivity index (χ3v) is 7.87. The summed E-state index contributed by atoms with van der Waals surface area (Å²) in [6, 6.07) is 21.6. The van der Waals surface area contributed by atoms with Gasteiger partial charge in [0.05, 0.1) is 17.8 Å². The van der Waals surface area contributed by atoms with Gasteiger partial charge in [0.15, 0.2) is 5.16 Å². The van der Waals surface area contributed by atoms with E-state index in [0.29, 0.717) is 27.7 Å². The molecular formula is C22H20N2O3S3. The Morgan fingerprint density at radius 1 is 1.03 bits per heavy atom. The minimum Gasteiger partial charge on any atom is -0.282 e. The second-order valence-corrected chi connectivity index (χ2v) is 11.3. The second kappa shape index (κ2) is 8.75. The van der Waals surface area contributed by atoms with Crippen LogP contribution in [-0.4, -0.2) is 35.7 Å². The fraction of sp³-hybridized carbons (Fsp3) is 0.182. The molecule has 0 bridgehead atoms. The molecule has 2 aromatic heterocycles. The van der Waals surface area contributed by atoms with Gasteiger partial charge in [-0.25, -0.2) is 13.4 Å². The minimum atomic E-state index is -3.08. The van der Waals surface area contributed by atoms with E-state index in [1.807, 2.05) is 66.7 Å². The lowest BCUT2D eigenvalue weighted by Gasteiger charge is -2.12. The van der Waals surface area contributed by atoms with Crippen LogP contribution in [0.1, 0.15) is 5.56 Å². The third kappa shape index (κ3) is 4.83. The minimum absolute atomic E-state index is 0.0375. The Morgan fingerprint density at radius 3 is 2.37 bits per heavy atom. The molecule has 0 aliphatic carbocycles. The standard InChI is InChI=1S/C22H20N2O3S3/c1-30(26,27)13-12-28-22-23-18-14-19(17-10-6-3-7-11-17)29-20(18)21(25)24(22)15-16-8-4-2-5-9-16/h2-11,14H,12-13,15H2,1H3. The van der Waals surface area contributed by atoms with E-state index < -0.39 is 9.84 Å². The molecule has 30 heavy (non-hydrogen) atoms. The van der Waals surface area contributed by atoms with Gasteiger partial charge in [-0.3, -0.25) is 9.36 Å². The Hall–Kier alpha value is -2.42. The predicted octanol–water partition coefficient (Wildman–Crippen LogP) is 4.31. The zero-order valence-corrected chi connectivity index (χ0v) is 18.8. The first-order valence-electron chi connectivity index (χ1n) is 9.35. The number of fused-ring (bicyclic) bond motifs is 1. The molecule has 154 valence electrons. The number of sulfone groups is 1. The molecule has 2 heterocycles. The summed E-state index contributed by atoms with van der Waals surface area (Å²) >= 11 is 2.74. The maximum absolute atomic E-state index is 13.4. The topological polar surface area (TPSA) is 69.0 Å². The van der Waals surface area contributed by atoms with Crippen LogP contribution in [-0.2, 0) is 16.4 Å². The largest absolute Gasteiger partial charge is 0.282 e. The van der Waals surface area contributed by atoms with E-state index in [9.17, 15) is 13.2 Å². The van der Waals surface area contributed by atoms with Crippen molar-refractivity contribution >= 4 is 43.2 Å². The molecular weight excluding hydrogens is 436 g/mol. The quantitative estimate of drug-likeness (QED) is 0.306. The molecule has 0 radical (unpaired) electrons. The molecule has 0 N–H and O–H groups in total. The van der Waals surface area contributed by atoms with Gasteiger partial charge in [0.2, 0.25) is 0 Å². The van der Waals surface area contributed by atoms with Gasteiger partial charge >= 0.3 is 0 Å². The summed E-state index contributed by atoms with van der Waals surface area (Å²) in [6.07, 6.45) is 1.21. The van der Waals surface area contributed by atoms with E-state index in [0.717, 1.165) is 16.0 Å². The first kappa shape index (κ1) is 20.8. The average Bonchev–Trinajstić information content (AvgIpc) is 3.16. The van der Waals surface area contributed by atoms with Crippen molar-refractivity contribution in [1.82, 2.24) is 9.55 Å². The van der Waals surface area contributed by atoms with Crippen molar-refractivity contribution in [1.29, 1.82) is 0 Å². The maximum Gasteiger partial charge on any atom is 0.272 e. The van der Waals surface area contributed by atoms with Crippen molar-refractivity contribution in [2.45, 2.75) is 11.7 Å². The van der Waals surface area contributed by atoms with Crippen molar-refractivity contribution in [3.63, 3.8) is 0 Å². The molecule has 0 aliphatic rings.